The lowest BCUT2D eigenvalue weighted by Crippen LogP contribution is -1.89. The van der Waals surface area contributed by atoms with Crippen molar-refractivity contribution in [2.45, 2.75) is 9.79 Å². The van der Waals surface area contributed by atoms with Crippen LogP contribution in [0.15, 0.2) is 70.5 Å². The molecule has 20 heavy (non-hydrogen) atoms. The molecular weight excluding hydrogens is 264 g/mol. The van der Waals surface area contributed by atoms with Gasteiger partial charge in [0.1, 0.15) is 0 Å². The largest absolute Gasteiger partial charge is 0.398 e. The molecule has 0 aliphatic rings. The fraction of sp³-hybridized carbons (Fsp3) is 0. The topological polar surface area (TPSA) is 49.8 Å². The zero-order chi connectivity index (χ0) is 13.9. The zero-order valence-corrected chi connectivity index (χ0v) is 11.5. The van der Waals surface area contributed by atoms with Crippen LogP contribution in [0.3, 0.4) is 0 Å². The number of anilines is 1. The van der Waals surface area contributed by atoms with E-state index < -0.39 is 0 Å². The first-order valence-corrected chi connectivity index (χ1v) is 7.04. The Morgan fingerprint density at radius 2 is 1.70 bits per heavy atom. The number of nitrogen functional groups attached to an aromatic ring is 1. The molecule has 0 atom stereocenters. The van der Waals surface area contributed by atoms with Crippen LogP contribution >= 0.6 is 11.8 Å². The van der Waals surface area contributed by atoms with Crippen LogP contribution in [-0.2, 0) is 0 Å². The smallest absolute Gasteiger partial charge is 0.0992 e. The number of nitrogens with zero attached hydrogens (tertiary/aromatic N) is 1. The highest BCUT2D eigenvalue weighted by atomic mass is 32.2. The number of nitrogens with two attached hydrogens (primary N) is 1. The van der Waals surface area contributed by atoms with Gasteiger partial charge in [-0.05, 0) is 41.1 Å². The first-order chi connectivity index (χ1) is 9.76. The maximum absolute atomic E-state index is 8.96. The molecule has 0 saturated carbocycles. The van der Waals surface area contributed by atoms with E-state index in [0.717, 1.165) is 9.79 Å². The first kappa shape index (κ1) is 12.6. The third-order valence-corrected chi connectivity index (χ3v) is 4.15. The highest BCUT2D eigenvalue weighted by Crippen LogP contribution is 2.34. The Labute approximate surface area is 121 Å². The van der Waals surface area contributed by atoms with Crippen LogP contribution in [0.2, 0.25) is 0 Å². The normalized spacial score (nSPS) is 10.3. The SMILES string of the molecule is N#Cc1ccc(N)c(Sc2ccc3ccccc3c2)c1. The van der Waals surface area contributed by atoms with Crippen LogP contribution in [0.5, 0.6) is 0 Å². The summed E-state index contributed by atoms with van der Waals surface area (Å²) < 4.78 is 0. The molecule has 0 aliphatic heterocycles. The Balaban J connectivity index is 1.99. The van der Waals surface area contributed by atoms with Crippen molar-refractivity contribution in [1.29, 1.82) is 5.26 Å². The Hall–Kier alpha value is -2.44. The van der Waals surface area contributed by atoms with Crippen molar-refractivity contribution in [3.8, 4) is 6.07 Å². The molecule has 0 bridgehead atoms. The maximum atomic E-state index is 8.96. The molecule has 3 rings (SSSR count). The van der Waals surface area contributed by atoms with Crippen molar-refractivity contribution in [3.63, 3.8) is 0 Å². The van der Waals surface area contributed by atoms with Gasteiger partial charge in [0.15, 0.2) is 0 Å². The lowest BCUT2D eigenvalue weighted by Gasteiger charge is -2.07. The maximum Gasteiger partial charge on any atom is 0.0992 e. The zero-order valence-electron chi connectivity index (χ0n) is 10.7. The quantitative estimate of drug-likeness (QED) is 0.704. The monoisotopic (exact) mass is 276 g/mol. The molecule has 0 spiro atoms. The molecule has 0 aliphatic carbocycles. The summed E-state index contributed by atoms with van der Waals surface area (Å²) >= 11 is 1.58. The van der Waals surface area contributed by atoms with E-state index >= 15 is 0 Å². The third-order valence-electron chi connectivity index (χ3n) is 3.09. The van der Waals surface area contributed by atoms with Gasteiger partial charge in [0.05, 0.1) is 11.6 Å². The minimum Gasteiger partial charge on any atom is -0.398 e. The van der Waals surface area contributed by atoms with Crippen LogP contribution in [0, 0.1) is 11.3 Å². The van der Waals surface area contributed by atoms with Crippen LogP contribution < -0.4 is 5.73 Å². The molecule has 0 unspecified atom stereocenters. The average Bonchev–Trinajstić information content (AvgIpc) is 2.49. The Bertz CT molecular complexity index is 819. The van der Waals surface area contributed by atoms with Crippen molar-refractivity contribution < 1.29 is 0 Å². The second kappa shape index (κ2) is 5.28. The Morgan fingerprint density at radius 1 is 0.900 bits per heavy atom. The van der Waals surface area contributed by atoms with E-state index in [0.29, 0.717) is 11.3 Å². The van der Waals surface area contributed by atoms with Crippen LogP contribution in [0.25, 0.3) is 10.8 Å². The van der Waals surface area contributed by atoms with Gasteiger partial charge in [0, 0.05) is 15.5 Å². The van der Waals surface area contributed by atoms with E-state index in [2.05, 4.69) is 36.4 Å². The number of nitriles is 1. The van der Waals surface area contributed by atoms with Crippen molar-refractivity contribution in [3.05, 3.63) is 66.2 Å². The number of fused-ring (bicyclic) bond motifs is 1. The summed E-state index contributed by atoms with van der Waals surface area (Å²) in [5.41, 5.74) is 7.30. The number of hydrogen-bond donors (Lipinski definition) is 1. The summed E-state index contributed by atoms with van der Waals surface area (Å²) in [4.78, 5) is 2.03. The highest BCUT2D eigenvalue weighted by Gasteiger charge is 2.04. The molecule has 0 heterocycles. The minimum atomic E-state index is 0.627. The Kier molecular flexibility index (Phi) is 3.32. The van der Waals surface area contributed by atoms with Crippen LogP contribution in [0.4, 0.5) is 5.69 Å². The summed E-state index contributed by atoms with van der Waals surface area (Å²) in [6.45, 7) is 0. The molecule has 0 saturated heterocycles. The second-order valence-corrected chi connectivity index (χ2v) is 5.59. The summed E-state index contributed by atoms with van der Waals surface area (Å²) in [6, 6.07) is 22.0. The second-order valence-electron chi connectivity index (χ2n) is 4.48. The molecule has 3 aromatic carbocycles. The molecule has 0 aromatic heterocycles. The van der Waals surface area contributed by atoms with Crippen LogP contribution in [-0.4, -0.2) is 0 Å². The van der Waals surface area contributed by atoms with Gasteiger partial charge in [-0.2, -0.15) is 5.26 Å². The fourth-order valence-electron chi connectivity index (χ4n) is 2.05. The van der Waals surface area contributed by atoms with E-state index in [-0.39, 0.29) is 0 Å². The molecule has 3 aromatic rings. The first-order valence-electron chi connectivity index (χ1n) is 6.22. The average molecular weight is 276 g/mol. The van der Waals surface area contributed by atoms with Gasteiger partial charge in [-0.1, -0.05) is 42.1 Å². The molecule has 2 N–H and O–H groups in total. The number of benzene rings is 3. The van der Waals surface area contributed by atoms with E-state index in [1.54, 1.807) is 23.9 Å². The van der Waals surface area contributed by atoms with Gasteiger partial charge in [0.2, 0.25) is 0 Å². The van der Waals surface area contributed by atoms with Crippen molar-refractivity contribution >= 4 is 28.2 Å². The molecule has 0 amide bonds. The van der Waals surface area contributed by atoms with Crippen molar-refractivity contribution in [2.24, 2.45) is 0 Å². The standard InChI is InChI=1S/C17H12N2S/c18-11-12-5-8-16(19)17(9-12)20-15-7-6-13-3-1-2-4-14(13)10-15/h1-10H,19H2. The summed E-state index contributed by atoms with van der Waals surface area (Å²) in [7, 11) is 0. The van der Waals surface area contributed by atoms with Gasteiger partial charge in [-0.3, -0.25) is 0 Å². The highest BCUT2D eigenvalue weighted by molar-refractivity contribution is 7.99. The fourth-order valence-corrected chi connectivity index (χ4v) is 3.00. The molecule has 3 heteroatoms. The number of hydrogen-bond acceptors (Lipinski definition) is 3. The predicted molar refractivity (Wildman–Crippen MR) is 83.6 cm³/mol. The van der Waals surface area contributed by atoms with Gasteiger partial charge in [0.25, 0.3) is 0 Å². The van der Waals surface area contributed by atoms with Crippen molar-refractivity contribution in [2.75, 3.05) is 5.73 Å². The number of rotatable bonds is 2. The summed E-state index contributed by atoms with van der Waals surface area (Å²) in [6.07, 6.45) is 0. The third kappa shape index (κ3) is 2.47. The molecule has 2 nitrogen and oxygen atoms in total. The van der Waals surface area contributed by atoms with Crippen molar-refractivity contribution in [1.82, 2.24) is 0 Å². The van der Waals surface area contributed by atoms with E-state index in [1.165, 1.54) is 10.8 Å². The van der Waals surface area contributed by atoms with E-state index in [4.69, 9.17) is 11.0 Å². The van der Waals surface area contributed by atoms with E-state index in [9.17, 15) is 0 Å². The van der Waals surface area contributed by atoms with Gasteiger partial charge in [-0.25, -0.2) is 0 Å². The summed E-state index contributed by atoms with van der Waals surface area (Å²) in [5, 5.41) is 11.4. The lowest BCUT2D eigenvalue weighted by molar-refractivity contribution is 1.39. The lowest BCUT2D eigenvalue weighted by atomic mass is 10.1. The molecular formula is C17H12N2S. The van der Waals surface area contributed by atoms with Gasteiger partial charge in [-0.15, -0.1) is 0 Å². The van der Waals surface area contributed by atoms with Gasteiger partial charge < -0.3 is 5.73 Å². The van der Waals surface area contributed by atoms with E-state index in [1.807, 2.05) is 18.2 Å². The summed E-state index contributed by atoms with van der Waals surface area (Å²) in [5.74, 6) is 0. The molecule has 0 radical (unpaired) electrons. The van der Waals surface area contributed by atoms with Gasteiger partial charge >= 0.3 is 0 Å². The molecule has 0 fully saturated rings. The molecule has 96 valence electrons. The Morgan fingerprint density at radius 3 is 2.50 bits per heavy atom. The minimum absolute atomic E-state index is 0.627. The van der Waals surface area contributed by atoms with Crippen LogP contribution in [0.1, 0.15) is 5.56 Å². The predicted octanol–water partition coefficient (Wildman–Crippen LogP) is 4.44.